The molecule has 0 spiro atoms. The van der Waals surface area contributed by atoms with Crippen molar-refractivity contribution < 1.29 is 18.7 Å². The van der Waals surface area contributed by atoms with Crippen molar-refractivity contribution in [2.45, 2.75) is 78.2 Å². The second-order valence-electron chi connectivity index (χ2n) is 11.9. The molecule has 5 heterocycles. The Morgan fingerprint density at radius 3 is 2.63 bits per heavy atom. The van der Waals surface area contributed by atoms with Gasteiger partial charge >= 0.3 is 6.09 Å². The van der Waals surface area contributed by atoms with Gasteiger partial charge in [-0.3, -0.25) is 9.69 Å². The number of aromatic nitrogens is 5. The minimum Gasteiger partial charge on any atom is -0.444 e. The first-order valence-electron chi connectivity index (χ1n) is 13.9. The predicted octanol–water partition coefficient (Wildman–Crippen LogP) is 4.56. The third kappa shape index (κ3) is 5.47. The molecule has 41 heavy (non-hydrogen) atoms. The Labute approximate surface area is 239 Å². The zero-order chi connectivity index (χ0) is 29.6. The Balaban J connectivity index is 1.49. The predicted molar refractivity (Wildman–Crippen MR) is 153 cm³/mol. The Morgan fingerprint density at radius 2 is 1.95 bits per heavy atom. The molecule has 0 radical (unpaired) electrons. The molecule has 3 aromatic heterocycles. The molecule has 0 N–H and O–H groups in total. The van der Waals surface area contributed by atoms with Crippen molar-refractivity contribution in [3.8, 4) is 11.5 Å². The van der Waals surface area contributed by atoms with Gasteiger partial charge in [0.05, 0.1) is 30.4 Å². The summed E-state index contributed by atoms with van der Waals surface area (Å²) in [6.45, 7) is 9.44. The molecule has 2 amide bonds. The van der Waals surface area contributed by atoms with Gasteiger partial charge in [-0.05, 0) is 59.2 Å². The second-order valence-corrected chi connectivity index (χ2v) is 11.9. The number of alkyl halides is 1. The summed E-state index contributed by atoms with van der Waals surface area (Å²) in [7, 11) is 3.58. The van der Waals surface area contributed by atoms with E-state index in [9.17, 15) is 14.0 Å². The maximum atomic E-state index is 13.8. The molecule has 0 aromatic carbocycles. The maximum absolute atomic E-state index is 13.8. The summed E-state index contributed by atoms with van der Waals surface area (Å²) >= 11 is 0. The first-order valence-corrected chi connectivity index (χ1v) is 13.9. The van der Waals surface area contributed by atoms with E-state index in [2.05, 4.69) is 10.2 Å². The molecule has 3 aromatic rings. The molecule has 12 heteroatoms. The van der Waals surface area contributed by atoms with Crippen LogP contribution in [0.3, 0.4) is 0 Å². The SMILES string of the molecule is CC(C)N(C)c1cc2c(c(CN(C)C(=O)OC(C)(C)C)n1)CN(c1cccc(-c3nnc4n3[C@H](CF)CC4)n1)C2=O. The number of pyridine rings is 2. The summed E-state index contributed by atoms with van der Waals surface area (Å²) in [4.78, 5) is 41.3. The number of ether oxygens (including phenoxy) is 1. The topological polar surface area (TPSA) is 110 Å². The number of fused-ring (bicyclic) bond motifs is 2. The van der Waals surface area contributed by atoms with Crippen LogP contribution in [0.1, 0.15) is 74.5 Å². The largest absolute Gasteiger partial charge is 0.444 e. The van der Waals surface area contributed by atoms with E-state index in [1.165, 1.54) is 4.90 Å². The molecule has 2 aliphatic heterocycles. The number of halogens is 1. The summed E-state index contributed by atoms with van der Waals surface area (Å²) in [5.74, 6) is 2.11. The Kier molecular flexibility index (Phi) is 7.43. The molecule has 0 saturated carbocycles. The van der Waals surface area contributed by atoms with Gasteiger partial charge in [-0.25, -0.2) is 19.2 Å². The first kappa shape index (κ1) is 28.4. The zero-order valence-electron chi connectivity index (χ0n) is 24.7. The van der Waals surface area contributed by atoms with Crippen LogP contribution in [-0.2, 0) is 24.2 Å². The quantitative estimate of drug-likeness (QED) is 0.411. The van der Waals surface area contributed by atoms with Crippen molar-refractivity contribution in [2.24, 2.45) is 0 Å². The van der Waals surface area contributed by atoms with E-state index in [0.29, 0.717) is 47.3 Å². The van der Waals surface area contributed by atoms with Crippen LogP contribution in [0.25, 0.3) is 11.5 Å². The van der Waals surface area contributed by atoms with Crippen LogP contribution in [0, 0.1) is 0 Å². The fourth-order valence-electron chi connectivity index (χ4n) is 5.06. The van der Waals surface area contributed by atoms with Crippen LogP contribution in [0.2, 0.25) is 0 Å². The molecular formula is C29H37FN8O3. The molecule has 1 atom stereocenters. The minimum absolute atomic E-state index is 0.140. The van der Waals surface area contributed by atoms with Crippen LogP contribution in [-0.4, -0.2) is 74.0 Å². The van der Waals surface area contributed by atoms with E-state index in [1.54, 1.807) is 30.1 Å². The van der Waals surface area contributed by atoms with Crippen LogP contribution in [0.5, 0.6) is 0 Å². The number of anilines is 2. The second kappa shape index (κ2) is 10.7. The Bertz CT molecular complexity index is 1480. The number of aryl methyl sites for hydroxylation is 1. The number of hydrogen-bond donors (Lipinski definition) is 0. The van der Waals surface area contributed by atoms with E-state index in [0.717, 1.165) is 11.4 Å². The van der Waals surface area contributed by atoms with Crippen LogP contribution in [0.15, 0.2) is 24.3 Å². The maximum Gasteiger partial charge on any atom is 0.410 e. The molecular weight excluding hydrogens is 527 g/mol. The molecule has 5 rings (SSSR count). The number of amides is 2. The number of carbonyl (C=O) groups is 2. The van der Waals surface area contributed by atoms with Gasteiger partial charge in [0, 0.05) is 32.1 Å². The van der Waals surface area contributed by atoms with Crippen LogP contribution in [0.4, 0.5) is 20.8 Å². The van der Waals surface area contributed by atoms with Gasteiger partial charge in [-0.1, -0.05) is 6.07 Å². The van der Waals surface area contributed by atoms with Crippen LogP contribution < -0.4 is 9.80 Å². The summed E-state index contributed by atoms with van der Waals surface area (Å²) in [5, 5.41) is 8.52. The lowest BCUT2D eigenvalue weighted by Gasteiger charge is -2.26. The van der Waals surface area contributed by atoms with Crippen molar-refractivity contribution >= 4 is 23.6 Å². The molecule has 2 aliphatic rings. The molecule has 218 valence electrons. The molecule has 11 nitrogen and oxygen atoms in total. The van der Waals surface area contributed by atoms with Crippen molar-refractivity contribution in [3.05, 3.63) is 46.9 Å². The van der Waals surface area contributed by atoms with Gasteiger partial charge in [-0.15, -0.1) is 10.2 Å². The lowest BCUT2D eigenvalue weighted by Crippen LogP contribution is -2.34. The van der Waals surface area contributed by atoms with Gasteiger partial charge in [0.15, 0.2) is 5.82 Å². The Hall–Kier alpha value is -4.09. The highest BCUT2D eigenvalue weighted by molar-refractivity contribution is 6.10. The number of rotatable bonds is 7. The molecule has 0 unspecified atom stereocenters. The van der Waals surface area contributed by atoms with Gasteiger partial charge in [-0.2, -0.15) is 0 Å². The third-order valence-electron chi connectivity index (χ3n) is 7.47. The number of nitrogens with zero attached hydrogens (tertiary/aromatic N) is 8. The highest BCUT2D eigenvalue weighted by Crippen LogP contribution is 2.35. The van der Waals surface area contributed by atoms with E-state index in [1.807, 2.05) is 57.2 Å². The van der Waals surface area contributed by atoms with E-state index >= 15 is 0 Å². The molecule has 0 saturated heterocycles. The highest BCUT2D eigenvalue weighted by Gasteiger charge is 2.35. The molecule has 0 aliphatic carbocycles. The zero-order valence-corrected chi connectivity index (χ0v) is 24.7. The van der Waals surface area contributed by atoms with E-state index in [-0.39, 0.29) is 31.1 Å². The average Bonchev–Trinajstić information content (AvgIpc) is 3.61. The fraction of sp³-hybridized carbons (Fsp3) is 0.517. The van der Waals surface area contributed by atoms with Crippen molar-refractivity contribution in [2.75, 3.05) is 30.6 Å². The monoisotopic (exact) mass is 564 g/mol. The molecule has 0 bridgehead atoms. The third-order valence-corrected chi connectivity index (χ3v) is 7.47. The summed E-state index contributed by atoms with van der Waals surface area (Å²) in [6, 6.07) is 6.99. The Morgan fingerprint density at radius 1 is 1.20 bits per heavy atom. The summed E-state index contributed by atoms with van der Waals surface area (Å²) in [5.41, 5.74) is 1.75. The normalized spacial score (nSPS) is 16.3. The standard InChI is InChI=1S/C29H37FN8O3/c1-17(2)36(7)25-13-19-20(22(32-25)16-35(6)28(40)41-29(3,4)5)15-37(27(19)39)23-10-8-9-21(31-23)26-34-33-24-12-11-18(14-30)38(24)26/h8-10,13,17-18H,11-12,14-16H2,1-7H3/t18-/m0/s1. The number of hydrogen-bond acceptors (Lipinski definition) is 8. The van der Waals surface area contributed by atoms with E-state index in [4.69, 9.17) is 14.7 Å². The van der Waals surface area contributed by atoms with Gasteiger partial charge in [0.25, 0.3) is 5.91 Å². The van der Waals surface area contributed by atoms with E-state index < -0.39 is 18.4 Å². The smallest absolute Gasteiger partial charge is 0.410 e. The van der Waals surface area contributed by atoms with Gasteiger partial charge < -0.3 is 19.1 Å². The summed E-state index contributed by atoms with van der Waals surface area (Å²) < 4.78 is 21.0. The van der Waals surface area contributed by atoms with Crippen molar-refractivity contribution in [1.29, 1.82) is 0 Å². The fourth-order valence-corrected chi connectivity index (χ4v) is 5.06. The van der Waals surface area contributed by atoms with Gasteiger partial charge in [0.1, 0.15) is 35.4 Å². The minimum atomic E-state index is -0.640. The number of carbonyl (C=O) groups excluding carboxylic acids is 2. The highest BCUT2D eigenvalue weighted by atomic mass is 19.1. The first-order chi connectivity index (χ1) is 19.4. The lowest BCUT2D eigenvalue weighted by molar-refractivity contribution is 0.0282. The van der Waals surface area contributed by atoms with Gasteiger partial charge in [0.2, 0.25) is 0 Å². The van der Waals surface area contributed by atoms with Crippen molar-refractivity contribution in [3.63, 3.8) is 0 Å². The van der Waals surface area contributed by atoms with Crippen LogP contribution >= 0.6 is 0 Å². The summed E-state index contributed by atoms with van der Waals surface area (Å²) in [6.07, 6.45) is 0.870. The average molecular weight is 565 g/mol. The lowest BCUT2D eigenvalue weighted by atomic mass is 10.1. The van der Waals surface area contributed by atoms with Crippen molar-refractivity contribution in [1.82, 2.24) is 29.6 Å². The molecule has 0 fully saturated rings.